The van der Waals surface area contributed by atoms with Gasteiger partial charge in [-0.3, -0.25) is 4.79 Å². The van der Waals surface area contributed by atoms with E-state index in [0.29, 0.717) is 19.3 Å². The molecule has 4 N–H and O–H groups in total. The standard InChI is InChI=1S/C30H38O7/c1-19(31)28(34)15-16-30(36)27(28,3)24(37-25(33)10-9-20-7-5-4-6-8-20)18-23-26(2)13-12-22(32)17-21(26)11-14-29(23,30)35/h4-11,22-24,32,34-36H,12-18H2,1-3H3/b10-9-/t22-,23+,24+,26-,27+,28+,29-,30+/m0/s1. The molecular formula is C30H38O7. The van der Waals surface area contributed by atoms with E-state index in [9.17, 15) is 30.0 Å². The monoisotopic (exact) mass is 510 g/mol. The number of benzene rings is 1. The second-order valence-corrected chi connectivity index (χ2v) is 12.1. The van der Waals surface area contributed by atoms with Crippen molar-refractivity contribution in [1.29, 1.82) is 0 Å². The molecule has 1 aromatic carbocycles. The first kappa shape index (κ1) is 26.3. The summed E-state index contributed by atoms with van der Waals surface area (Å²) in [7, 11) is 0. The highest BCUT2D eigenvalue weighted by atomic mass is 16.5. The minimum atomic E-state index is -1.97. The Labute approximate surface area is 217 Å². The summed E-state index contributed by atoms with van der Waals surface area (Å²) in [6, 6.07) is 9.29. The van der Waals surface area contributed by atoms with Crippen LogP contribution in [0.15, 0.2) is 48.1 Å². The summed E-state index contributed by atoms with van der Waals surface area (Å²) in [6.45, 7) is 4.91. The number of hydrogen-bond acceptors (Lipinski definition) is 7. The van der Waals surface area contributed by atoms with Crippen molar-refractivity contribution in [2.75, 3.05) is 0 Å². The maximum atomic E-state index is 13.1. The molecule has 3 fully saturated rings. The molecule has 7 heteroatoms. The highest BCUT2D eigenvalue weighted by Crippen LogP contribution is 2.70. The van der Waals surface area contributed by atoms with Crippen LogP contribution in [0, 0.1) is 16.7 Å². The summed E-state index contributed by atoms with van der Waals surface area (Å²) in [5, 5.41) is 46.8. The van der Waals surface area contributed by atoms with Gasteiger partial charge in [0.25, 0.3) is 0 Å². The number of esters is 1. The summed E-state index contributed by atoms with van der Waals surface area (Å²) >= 11 is 0. The number of hydrogen-bond donors (Lipinski definition) is 4. The van der Waals surface area contributed by atoms with Crippen LogP contribution in [0.4, 0.5) is 0 Å². The van der Waals surface area contributed by atoms with E-state index in [1.54, 1.807) is 13.0 Å². The molecule has 0 heterocycles. The summed E-state index contributed by atoms with van der Waals surface area (Å²) in [6.07, 6.45) is 5.37. The topological polar surface area (TPSA) is 124 Å². The van der Waals surface area contributed by atoms with Crippen molar-refractivity contribution in [2.45, 2.75) is 94.7 Å². The van der Waals surface area contributed by atoms with Crippen LogP contribution in [0.5, 0.6) is 0 Å². The molecule has 0 radical (unpaired) electrons. The zero-order valence-corrected chi connectivity index (χ0v) is 21.8. The third-order valence-electron chi connectivity index (χ3n) is 10.6. The smallest absolute Gasteiger partial charge is 0.331 e. The average molecular weight is 511 g/mol. The van der Waals surface area contributed by atoms with Crippen molar-refractivity contribution in [3.63, 3.8) is 0 Å². The summed E-state index contributed by atoms with van der Waals surface area (Å²) in [5.41, 5.74) is -5.76. The number of aliphatic hydroxyl groups excluding tert-OH is 1. The van der Waals surface area contributed by atoms with Crippen LogP contribution in [-0.2, 0) is 14.3 Å². The molecule has 0 unspecified atom stereocenters. The highest BCUT2D eigenvalue weighted by Gasteiger charge is 2.81. The summed E-state index contributed by atoms with van der Waals surface area (Å²) in [5.74, 6) is -1.65. The van der Waals surface area contributed by atoms with Crippen molar-refractivity contribution in [2.24, 2.45) is 16.7 Å². The van der Waals surface area contributed by atoms with Gasteiger partial charge in [-0.2, -0.15) is 0 Å². The average Bonchev–Trinajstić information content (AvgIpc) is 3.10. The Morgan fingerprint density at radius 1 is 1.05 bits per heavy atom. The van der Waals surface area contributed by atoms with E-state index in [4.69, 9.17) is 4.74 Å². The fraction of sp³-hybridized carbons (Fsp3) is 0.600. The van der Waals surface area contributed by atoms with Crippen LogP contribution in [0.25, 0.3) is 6.08 Å². The Bertz CT molecular complexity index is 1160. The number of Topliss-reactive ketones (excluding diaryl/α,β-unsaturated/α-hetero) is 1. The van der Waals surface area contributed by atoms with E-state index in [1.807, 2.05) is 43.3 Å². The number of ether oxygens (including phenoxy) is 1. The predicted molar refractivity (Wildman–Crippen MR) is 137 cm³/mol. The van der Waals surface area contributed by atoms with Gasteiger partial charge in [-0.25, -0.2) is 4.79 Å². The molecule has 8 atom stereocenters. The van der Waals surface area contributed by atoms with E-state index in [2.05, 4.69) is 0 Å². The lowest BCUT2D eigenvalue weighted by Gasteiger charge is -2.67. The molecule has 5 rings (SSSR count). The van der Waals surface area contributed by atoms with Crippen LogP contribution in [-0.4, -0.2) is 61.2 Å². The van der Waals surface area contributed by atoms with Crippen molar-refractivity contribution < 1.29 is 34.8 Å². The SMILES string of the molecule is CC(=O)[C@]1(O)CC[C@@]2(O)[C@]1(C)[C@H](OC(=O)/C=C\c1ccccc1)C[C@@H]1[C@@]3(C)CC[C@H](O)CC3=CC[C@]12O. The van der Waals surface area contributed by atoms with Crippen LogP contribution < -0.4 is 0 Å². The quantitative estimate of drug-likeness (QED) is 0.279. The minimum absolute atomic E-state index is 0.00234. The number of carbonyl (C=O) groups excluding carboxylic acids is 2. The predicted octanol–water partition coefficient (Wildman–Crippen LogP) is 3.10. The number of aliphatic hydroxyl groups is 4. The van der Waals surface area contributed by atoms with Gasteiger partial charge in [0.2, 0.25) is 0 Å². The number of rotatable bonds is 4. The maximum absolute atomic E-state index is 13.1. The first-order valence-electron chi connectivity index (χ1n) is 13.3. The Kier molecular flexibility index (Phi) is 6.11. The minimum Gasteiger partial charge on any atom is -0.458 e. The molecule has 200 valence electrons. The third-order valence-corrected chi connectivity index (χ3v) is 10.6. The van der Waals surface area contributed by atoms with Crippen molar-refractivity contribution >= 4 is 17.8 Å². The Morgan fingerprint density at radius 2 is 1.76 bits per heavy atom. The lowest BCUT2D eigenvalue weighted by Crippen LogP contribution is -2.78. The molecule has 7 nitrogen and oxygen atoms in total. The lowest BCUT2D eigenvalue weighted by atomic mass is 9.42. The lowest BCUT2D eigenvalue weighted by molar-refractivity contribution is -0.314. The van der Waals surface area contributed by atoms with Crippen molar-refractivity contribution in [3.05, 3.63) is 53.6 Å². The molecule has 0 aromatic heterocycles. The van der Waals surface area contributed by atoms with Gasteiger partial charge in [-0.15, -0.1) is 0 Å². The van der Waals surface area contributed by atoms with Crippen molar-refractivity contribution in [3.8, 4) is 0 Å². The Balaban J connectivity index is 1.58. The van der Waals surface area contributed by atoms with Crippen LogP contribution in [0.1, 0.15) is 71.3 Å². The molecule has 4 aliphatic rings. The van der Waals surface area contributed by atoms with Gasteiger partial charge >= 0.3 is 5.97 Å². The molecule has 0 saturated heterocycles. The van der Waals surface area contributed by atoms with Gasteiger partial charge in [0, 0.05) is 12.0 Å². The van der Waals surface area contributed by atoms with E-state index in [0.717, 1.165) is 11.1 Å². The molecule has 4 aliphatic carbocycles. The molecular weight excluding hydrogens is 472 g/mol. The zero-order chi connectivity index (χ0) is 26.9. The van der Waals surface area contributed by atoms with Gasteiger partial charge in [0.15, 0.2) is 5.78 Å². The van der Waals surface area contributed by atoms with E-state index >= 15 is 0 Å². The highest BCUT2D eigenvalue weighted by molar-refractivity contribution is 5.88. The van der Waals surface area contributed by atoms with Gasteiger partial charge < -0.3 is 25.2 Å². The van der Waals surface area contributed by atoms with Crippen LogP contribution >= 0.6 is 0 Å². The van der Waals surface area contributed by atoms with Crippen LogP contribution in [0.3, 0.4) is 0 Å². The molecule has 0 amide bonds. The first-order chi connectivity index (χ1) is 17.3. The second kappa shape index (κ2) is 8.60. The summed E-state index contributed by atoms with van der Waals surface area (Å²) < 4.78 is 6.00. The normalized spacial score (nSPS) is 44.9. The van der Waals surface area contributed by atoms with Gasteiger partial charge in [-0.1, -0.05) is 48.9 Å². The fourth-order valence-electron chi connectivity index (χ4n) is 8.28. The number of carbonyl (C=O) groups is 2. The molecule has 1 aromatic rings. The molecule has 37 heavy (non-hydrogen) atoms. The van der Waals surface area contributed by atoms with E-state index < -0.39 is 57.5 Å². The maximum Gasteiger partial charge on any atom is 0.331 e. The molecule has 3 saturated carbocycles. The first-order valence-corrected chi connectivity index (χ1v) is 13.3. The number of fused-ring (bicyclic) bond motifs is 5. The molecule has 0 bridgehead atoms. The fourth-order valence-corrected chi connectivity index (χ4v) is 8.28. The van der Waals surface area contributed by atoms with Crippen molar-refractivity contribution in [1.82, 2.24) is 0 Å². The number of ketones is 1. The second-order valence-electron chi connectivity index (χ2n) is 12.1. The third kappa shape index (κ3) is 3.47. The Hall–Kier alpha value is -2.32. The van der Waals surface area contributed by atoms with Gasteiger partial charge in [-0.05, 0) is 75.8 Å². The van der Waals surface area contributed by atoms with Gasteiger partial charge in [0.1, 0.15) is 22.9 Å². The largest absolute Gasteiger partial charge is 0.458 e. The van der Waals surface area contributed by atoms with E-state index in [-0.39, 0.29) is 25.7 Å². The Morgan fingerprint density at radius 3 is 2.43 bits per heavy atom. The van der Waals surface area contributed by atoms with E-state index in [1.165, 1.54) is 13.0 Å². The van der Waals surface area contributed by atoms with Crippen LogP contribution in [0.2, 0.25) is 0 Å². The molecule has 0 aliphatic heterocycles. The zero-order valence-electron chi connectivity index (χ0n) is 21.8. The summed E-state index contributed by atoms with van der Waals surface area (Å²) in [4.78, 5) is 25.9. The molecule has 0 spiro atoms. The van der Waals surface area contributed by atoms with Gasteiger partial charge in [0.05, 0.1) is 11.5 Å².